The molecule has 0 aromatic carbocycles. The van der Waals surface area contributed by atoms with Crippen molar-refractivity contribution in [1.82, 2.24) is 5.32 Å². The highest BCUT2D eigenvalue weighted by atomic mass is 16.1. The van der Waals surface area contributed by atoms with Crippen molar-refractivity contribution in [2.45, 2.75) is 46.5 Å². The van der Waals surface area contributed by atoms with Crippen LogP contribution in [0.4, 0.5) is 0 Å². The highest BCUT2D eigenvalue weighted by Gasteiger charge is 2.40. The molecule has 1 amide bonds. The van der Waals surface area contributed by atoms with Crippen molar-refractivity contribution in [2.24, 2.45) is 23.0 Å². The van der Waals surface area contributed by atoms with Gasteiger partial charge < -0.3 is 11.1 Å². The lowest BCUT2D eigenvalue weighted by molar-refractivity contribution is -0.125. The van der Waals surface area contributed by atoms with Gasteiger partial charge in [0.2, 0.25) is 5.91 Å². The molecule has 0 aromatic heterocycles. The molecule has 0 spiro atoms. The maximum atomic E-state index is 11.9. The summed E-state index contributed by atoms with van der Waals surface area (Å²) in [5.41, 5.74) is 6.07. The molecular formula is C13H26N2O. The first-order chi connectivity index (χ1) is 7.53. The highest BCUT2D eigenvalue weighted by Crippen LogP contribution is 2.47. The third-order valence-corrected chi connectivity index (χ3v) is 3.76. The van der Waals surface area contributed by atoms with Crippen LogP contribution < -0.4 is 11.1 Å². The number of nitrogens with one attached hydrogen (secondary N) is 1. The predicted molar refractivity (Wildman–Crippen MR) is 67.0 cm³/mol. The van der Waals surface area contributed by atoms with Crippen molar-refractivity contribution in [3.63, 3.8) is 0 Å². The molecular weight excluding hydrogens is 200 g/mol. The van der Waals surface area contributed by atoms with Crippen molar-refractivity contribution < 1.29 is 4.79 Å². The SMILES string of the molecule is CCC1(CNC(=O)C(CN)CC(C)C)CC1. The molecule has 1 rings (SSSR count). The lowest BCUT2D eigenvalue weighted by Crippen LogP contribution is -2.38. The predicted octanol–water partition coefficient (Wildman–Crippen LogP) is 1.91. The number of hydrogen-bond donors (Lipinski definition) is 2. The molecule has 1 fully saturated rings. The highest BCUT2D eigenvalue weighted by molar-refractivity contribution is 5.78. The Bertz CT molecular complexity index is 234. The first-order valence-electron chi connectivity index (χ1n) is 6.51. The van der Waals surface area contributed by atoms with Gasteiger partial charge in [-0.25, -0.2) is 0 Å². The van der Waals surface area contributed by atoms with Gasteiger partial charge in [0.25, 0.3) is 0 Å². The molecule has 3 nitrogen and oxygen atoms in total. The minimum Gasteiger partial charge on any atom is -0.355 e. The second kappa shape index (κ2) is 5.67. The minimum atomic E-state index is -0.00680. The van der Waals surface area contributed by atoms with Crippen LogP contribution >= 0.6 is 0 Å². The molecule has 0 heterocycles. The zero-order valence-corrected chi connectivity index (χ0v) is 10.9. The first-order valence-corrected chi connectivity index (χ1v) is 6.51. The monoisotopic (exact) mass is 226 g/mol. The van der Waals surface area contributed by atoms with Crippen LogP contribution in [0.1, 0.15) is 46.5 Å². The van der Waals surface area contributed by atoms with Crippen LogP contribution in [0.25, 0.3) is 0 Å². The average molecular weight is 226 g/mol. The fourth-order valence-electron chi connectivity index (χ4n) is 2.13. The van der Waals surface area contributed by atoms with Gasteiger partial charge in [0, 0.05) is 13.1 Å². The molecule has 1 atom stereocenters. The fraction of sp³-hybridized carbons (Fsp3) is 0.923. The lowest BCUT2D eigenvalue weighted by atomic mass is 9.96. The molecule has 0 saturated heterocycles. The normalized spacial score (nSPS) is 19.6. The Kier molecular flexibility index (Phi) is 4.78. The van der Waals surface area contributed by atoms with Crippen molar-refractivity contribution in [3.8, 4) is 0 Å². The van der Waals surface area contributed by atoms with Gasteiger partial charge in [-0.15, -0.1) is 0 Å². The van der Waals surface area contributed by atoms with Crippen LogP contribution in [0, 0.1) is 17.3 Å². The summed E-state index contributed by atoms with van der Waals surface area (Å²) in [5, 5.41) is 3.07. The lowest BCUT2D eigenvalue weighted by Gasteiger charge is -2.19. The van der Waals surface area contributed by atoms with Gasteiger partial charge in [-0.05, 0) is 37.0 Å². The van der Waals surface area contributed by atoms with E-state index < -0.39 is 0 Å². The number of carbonyl (C=O) groups excluding carboxylic acids is 1. The second-order valence-electron chi connectivity index (χ2n) is 5.63. The van der Waals surface area contributed by atoms with Gasteiger partial charge in [0.05, 0.1) is 5.92 Å². The Balaban J connectivity index is 2.32. The minimum absolute atomic E-state index is 0.00680. The summed E-state index contributed by atoms with van der Waals surface area (Å²) in [7, 11) is 0. The van der Waals surface area contributed by atoms with Crippen LogP contribution in [0.5, 0.6) is 0 Å². The van der Waals surface area contributed by atoms with E-state index in [2.05, 4.69) is 26.1 Å². The molecule has 16 heavy (non-hydrogen) atoms. The number of hydrogen-bond acceptors (Lipinski definition) is 2. The van der Waals surface area contributed by atoms with Crippen molar-refractivity contribution in [2.75, 3.05) is 13.1 Å². The summed E-state index contributed by atoms with van der Waals surface area (Å²) in [5.74, 6) is 0.670. The zero-order chi connectivity index (χ0) is 12.2. The molecule has 3 heteroatoms. The summed E-state index contributed by atoms with van der Waals surface area (Å²) < 4.78 is 0. The first kappa shape index (κ1) is 13.5. The molecule has 0 aliphatic heterocycles. The quantitative estimate of drug-likeness (QED) is 0.697. The van der Waals surface area contributed by atoms with Crippen molar-refractivity contribution in [1.29, 1.82) is 0 Å². The van der Waals surface area contributed by atoms with Crippen LogP contribution in [-0.2, 0) is 4.79 Å². The van der Waals surface area contributed by atoms with E-state index in [0.717, 1.165) is 13.0 Å². The zero-order valence-electron chi connectivity index (χ0n) is 10.9. The van der Waals surface area contributed by atoms with Crippen LogP contribution in [0.2, 0.25) is 0 Å². The summed E-state index contributed by atoms with van der Waals surface area (Å²) in [4.78, 5) is 11.9. The average Bonchev–Trinajstić information content (AvgIpc) is 3.03. The number of rotatable bonds is 7. The summed E-state index contributed by atoms with van der Waals surface area (Å²) >= 11 is 0. The van der Waals surface area contributed by atoms with Gasteiger partial charge in [0.1, 0.15) is 0 Å². The Morgan fingerprint density at radius 1 is 1.44 bits per heavy atom. The standard InChI is InChI=1S/C13H26N2O/c1-4-13(5-6-13)9-15-12(16)11(8-14)7-10(2)3/h10-11H,4-9,14H2,1-3H3,(H,15,16). The van der Waals surface area contributed by atoms with E-state index in [1.165, 1.54) is 19.3 Å². The molecule has 0 bridgehead atoms. The molecule has 1 unspecified atom stereocenters. The molecule has 1 saturated carbocycles. The van der Waals surface area contributed by atoms with E-state index >= 15 is 0 Å². The van der Waals surface area contributed by atoms with Crippen LogP contribution in [0.15, 0.2) is 0 Å². The van der Waals surface area contributed by atoms with E-state index in [4.69, 9.17) is 5.73 Å². The van der Waals surface area contributed by atoms with Crippen molar-refractivity contribution in [3.05, 3.63) is 0 Å². The summed E-state index contributed by atoms with van der Waals surface area (Å²) in [6, 6.07) is 0. The second-order valence-corrected chi connectivity index (χ2v) is 5.63. The summed E-state index contributed by atoms with van der Waals surface area (Å²) in [6.45, 7) is 7.77. The fourth-order valence-corrected chi connectivity index (χ4v) is 2.13. The Morgan fingerprint density at radius 2 is 2.06 bits per heavy atom. The third kappa shape index (κ3) is 3.78. The van der Waals surface area contributed by atoms with E-state index in [1.54, 1.807) is 0 Å². The smallest absolute Gasteiger partial charge is 0.224 e. The van der Waals surface area contributed by atoms with Gasteiger partial charge in [-0.3, -0.25) is 4.79 Å². The van der Waals surface area contributed by atoms with E-state index in [-0.39, 0.29) is 11.8 Å². The Morgan fingerprint density at radius 3 is 2.44 bits per heavy atom. The molecule has 1 aliphatic rings. The number of carbonyl (C=O) groups is 1. The molecule has 0 radical (unpaired) electrons. The van der Waals surface area contributed by atoms with Gasteiger partial charge >= 0.3 is 0 Å². The van der Waals surface area contributed by atoms with E-state index in [1.807, 2.05) is 0 Å². The van der Waals surface area contributed by atoms with Crippen LogP contribution in [0.3, 0.4) is 0 Å². The van der Waals surface area contributed by atoms with Crippen LogP contribution in [-0.4, -0.2) is 19.0 Å². The topological polar surface area (TPSA) is 55.1 Å². The number of amides is 1. The molecule has 94 valence electrons. The largest absolute Gasteiger partial charge is 0.355 e. The molecule has 3 N–H and O–H groups in total. The Hall–Kier alpha value is -0.570. The maximum Gasteiger partial charge on any atom is 0.224 e. The van der Waals surface area contributed by atoms with Gasteiger partial charge in [-0.2, -0.15) is 0 Å². The number of nitrogens with two attached hydrogens (primary N) is 1. The molecule has 0 aromatic rings. The van der Waals surface area contributed by atoms with E-state index in [0.29, 0.717) is 17.9 Å². The van der Waals surface area contributed by atoms with Gasteiger partial charge in [0.15, 0.2) is 0 Å². The molecule has 1 aliphatic carbocycles. The third-order valence-electron chi connectivity index (χ3n) is 3.76. The maximum absolute atomic E-state index is 11.9. The van der Waals surface area contributed by atoms with Crippen molar-refractivity contribution >= 4 is 5.91 Å². The Labute approximate surface area is 99.2 Å². The van der Waals surface area contributed by atoms with E-state index in [9.17, 15) is 4.79 Å². The summed E-state index contributed by atoms with van der Waals surface area (Å²) in [6.07, 6.45) is 4.59. The van der Waals surface area contributed by atoms with Gasteiger partial charge in [-0.1, -0.05) is 20.8 Å².